The molecule has 0 spiro atoms. The summed E-state index contributed by atoms with van der Waals surface area (Å²) >= 11 is -0.139. The molecule has 0 radical (unpaired) electrons. The Morgan fingerprint density at radius 3 is 2.50 bits per heavy atom. The Bertz CT molecular complexity index is 561. The zero-order valence-electron chi connectivity index (χ0n) is 10.5. The molecule has 0 aliphatic heterocycles. The molecule has 0 aliphatic carbocycles. The average Bonchev–Trinajstić information content (AvgIpc) is 2.34. The van der Waals surface area contributed by atoms with Crippen molar-refractivity contribution in [2.45, 2.75) is 10.4 Å². The van der Waals surface area contributed by atoms with Crippen LogP contribution in [0.15, 0.2) is 23.1 Å². The number of benzene rings is 1. The summed E-state index contributed by atoms with van der Waals surface area (Å²) in [6, 6.07) is 3.98. The average molecular weight is 329 g/mol. The molecule has 0 heterocycles. The van der Waals surface area contributed by atoms with Crippen molar-refractivity contribution in [3.63, 3.8) is 0 Å². The summed E-state index contributed by atoms with van der Waals surface area (Å²) in [6.45, 7) is 0.0620. The second-order valence-electron chi connectivity index (χ2n) is 3.68. The van der Waals surface area contributed by atoms with Gasteiger partial charge in [-0.3, -0.25) is 0 Å². The summed E-state index contributed by atoms with van der Waals surface area (Å²) in [5.41, 5.74) is 1.93. The Balaban J connectivity index is 2.66. The quantitative estimate of drug-likeness (QED) is 0.548. The first kappa shape index (κ1) is 16.9. The molecule has 0 amide bonds. The van der Waals surface area contributed by atoms with Crippen LogP contribution in [0.5, 0.6) is 0 Å². The molecule has 1 rings (SSSR count). The van der Waals surface area contributed by atoms with Crippen molar-refractivity contribution < 1.29 is 21.6 Å². The van der Waals surface area contributed by atoms with E-state index in [0.717, 1.165) is 0 Å². The lowest BCUT2D eigenvalue weighted by Gasteiger charge is -2.11. The number of nitrogen functional groups attached to an aromatic ring is 1. The molecule has 0 saturated carbocycles. The van der Waals surface area contributed by atoms with Gasteiger partial charge in [-0.05, 0) is 37.0 Å². The zero-order valence-corrected chi connectivity index (χ0v) is 12.1. The van der Waals surface area contributed by atoms with Crippen LogP contribution in [0, 0.1) is 0 Å². The van der Waals surface area contributed by atoms with E-state index in [2.05, 4.69) is 10.0 Å². The number of thioether (sulfide) groups is 1. The Hall–Kier alpha value is -1.13. The van der Waals surface area contributed by atoms with Crippen LogP contribution in [-0.2, 0) is 10.0 Å². The maximum Gasteiger partial charge on any atom is 0.441 e. The van der Waals surface area contributed by atoms with Crippen molar-refractivity contribution in [2.24, 2.45) is 0 Å². The third-order valence-corrected chi connectivity index (χ3v) is 4.43. The number of anilines is 2. The maximum atomic E-state index is 11.9. The minimum atomic E-state index is -4.27. The Kier molecular flexibility index (Phi) is 5.54. The van der Waals surface area contributed by atoms with E-state index in [1.807, 2.05) is 0 Å². The number of hydrogen-bond acceptors (Lipinski definition) is 5. The van der Waals surface area contributed by atoms with Crippen LogP contribution in [0.25, 0.3) is 0 Å². The molecule has 0 unspecified atom stereocenters. The number of halogens is 3. The minimum Gasteiger partial charge on any atom is -0.397 e. The van der Waals surface area contributed by atoms with Crippen LogP contribution in [0.1, 0.15) is 0 Å². The van der Waals surface area contributed by atoms with E-state index in [1.165, 1.54) is 25.2 Å². The molecule has 0 atom stereocenters. The molecule has 0 fully saturated rings. The first-order valence-corrected chi connectivity index (χ1v) is 7.90. The lowest BCUT2D eigenvalue weighted by atomic mass is 10.2. The molecule has 114 valence electrons. The second-order valence-corrected chi connectivity index (χ2v) is 6.72. The molecule has 0 aliphatic rings. The lowest BCUT2D eigenvalue weighted by Crippen LogP contribution is -2.19. The predicted molar refractivity (Wildman–Crippen MR) is 74.1 cm³/mol. The van der Waals surface area contributed by atoms with Gasteiger partial charge in [-0.25, -0.2) is 13.1 Å². The number of hydrogen-bond donors (Lipinski definition) is 3. The molecule has 4 N–H and O–H groups in total. The third-order valence-electron chi connectivity index (χ3n) is 2.29. The number of nitrogens with two attached hydrogens (primary N) is 1. The van der Waals surface area contributed by atoms with Gasteiger partial charge in [0.1, 0.15) is 0 Å². The van der Waals surface area contributed by atoms with E-state index < -0.39 is 15.5 Å². The molecule has 0 aromatic heterocycles. The van der Waals surface area contributed by atoms with Crippen LogP contribution >= 0.6 is 11.8 Å². The summed E-state index contributed by atoms with van der Waals surface area (Å²) in [5.74, 6) is -0.167. The van der Waals surface area contributed by atoms with Crippen molar-refractivity contribution in [1.82, 2.24) is 4.72 Å². The van der Waals surface area contributed by atoms with Gasteiger partial charge in [-0.15, -0.1) is 0 Å². The molecular weight excluding hydrogens is 315 g/mol. The van der Waals surface area contributed by atoms with Gasteiger partial charge in [-0.1, -0.05) is 0 Å². The third kappa shape index (κ3) is 5.10. The summed E-state index contributed by atoms with van der Waals surface area (Å²) in [7, 11) is -2.32. The van der Waals surface area contributed by atoms with Gasteiger partial charge in [-0.2, -0.15) is 13.2 Å². The van der Waals surface area contributed by atoms with Crippen molar-refractivity contribution >= 4 is 33.2 Å². The standard InChI is InChI=1S/C10H14F3N3O2S2/c1-15-20(17,18)7-2-3-9(8(14)6-7)16-4-5-19-10(11,12)13/h2-3,6,15-16H,4-5,14H2,1H3. The first-order valence-electron chi connectivity index (χ1n) is 5.43. The Morgan fingerprint density at radius 2 is 2.00 bits per heavy atom. The molecule has 1 aromatic rings. The van der Waals surface area contributed by atoms with Gasteiger partial charge < -0.3 is 11.1 Å². The topological polar surface area (TPSA) is 84.2 Å². The van der Waals surface area contributed by atoms with E-state index in [1.54, 1.807) is 0 Å². The fourth-order valence-electron chi connectivity index (χ4n) is 1.34. The summed E-state index contributed by atoms with van der Waals surface area (Å²) < 4.78 is 60.9. The van der Waals surface area contributed by atoms with Gasteiger partial charge >= 0.3 is 5.51 Å². The number of alkyl halides is 3. The lowest BCUT2D eigenvalue weighted by molar-refractivity contribution is -0.0327. The van der Waals surface area contributed by atoms with Crippen LogP contribution < -0.4 is 15.8 Å². The molecular formula is C10H14F3N3O2S2. The van der Waals surface area contributed by atoms with Crippen molar-refractivity contribution in [2.75, 3.05) is 30.4 Å². The summed E-state index contributed by atoms with van der Waals surface area (Å²) in [4.78, 5) is -0.00674. The molecule has 0 saturated heterocycles. The van der Waals surface area contributed by atoms with E-state index >= 15 is 0 Å². The van der Waals surface area contributed by atoms with Gasteiger partial charge in [0.25, 0.3) is 0 Å². The summed E-state index contributed by atoms with van der Waals surface area (Å²) in [6.07, 6.45) is 0. The number of nitrogens with one attached hydrogen (secondary N) is 2. The van der Waals surface area contributed by atoms with Crippen molar-refractivity contribution in [1.29, 1.82) is 0 Å². The van der Waals surface area contributed by atoms with Gasteiger partial charge in [0.2, 0.25) is 10.0 Å². The van der Waals surface area contributed by atoms with Crippen LogP contribution in [0.3, 0.4) is 0 Å². The van der Waals surface area contributed by atoms with Gasteiger partial charge in [0.05, 0.1) is 16.3 Å². The monoisotopic (exact) mass is 329 g/mol. The molecule has 10 heteroatoms. The highest BCUT2D eigenvalue weighted by Crippen LogP contribution is 2.30. The van der Waals surface area contributed by atoms with E-state index in [4.69, 9.17) is 5.73 Å². The Labute approximate surface area is 119 Å². The van der Waals surface area contributed by atoms with Crippen molar-refractivity contribution in [3.8, 4) is 0 Å². The fraction of sp³-hybridized carbons (Fsp3) is 0.400. The minimum absolute atomic E-state index is 0.00674. The molecule has 1 aromatic carbocycles. The second kappa shape index (κ2) is 6.55. The van der Waals surface area contributed by atoms with Crippen LogP contribution in [0.2, 0.25) is 0 Å². The van der Waals surface area contributed by atoms with Gasteiger partial charge in [0.15, 0.2) is 0 Å². The highest BCUT2D eigenvalue weighted by Gasteiger charge is 2.27. The predicted octanol–water partition coefficient (Wildman–Crippen LogP) is 1.84. The smallest absolute Gasteiger partial charge is 0.397 e. The fourth-order valence-corrected chi connectivity index (χ4v) is 2.54. The molecule has 20 heavy (non-hydrogen) atoms. The van der Waals surface area contributed by atoms with Crippen molar-refractivity contribution in [3.05, 3.63) is 18.2 Å². The summed E-state index contributed by atoms with van der Waals surface area (Å²) in [5, 5.41) is 2.72. The number of sulfonamides is 1. The Morgan fingerprint density at radius 1 is 1.35 bits per heavy atom. The van der Waals surface area contributed by atoms with E-state index in [-0.39, 0.29) is 34.6 Å². The van der Waals surface area contributed by atoms with E-state index in [9.17, 15) is 21.6 Å². The van der Waals surface area contributed by atoms with Crippen LogP contribution in [-0.4, -0.2) is 33.3 Å². The number of rotatable bonds is 6. The van der Waals surface area contributed by atoms with Crippen LogP contribution in [0.4, 0.5) is 24.5 Å². The first-order chi connectivity index (χ1) is 9.15. The SMILES string of the molecule is CNS(=O)(=O)c1ccc(NCCSC(F)(F)F)c(N)c1. The van der Waals surface area contributed by atoms with Gasteiger partial charge in [0, 0.05) is 12.3 Å². The molecule has 5 nitrogen and oxygen atoms in total. The van der Waals surface area contributed by atoms with E-state index in [0.29, 0.717) is 5.69 Å². The highest BCUT2D eigenvalue weighted by atomic mass is 32.2. The largest absolute Gasteiger partial charge is 0.441 e. The zero-order chi connectivity index (χ0) is 15.4. The normalized spacial score (nSPS) is 12.4. The highest BCUT2D eigenvalue weighted by molar-refractivity contribution is 8.00. The maximum absolute atomic E-state index is 11.9. The molecule has 0 bridgehead atoms.